The lowest BCUT2D eigenvalue weighted by atomic mass is 10.1. The quantitative estimate of drug-likeness (QED) is 0.509. The van der Waals surface area contributed by atoms with E-state index in [1.807, 2.05) is 49.4 Å². The van der Waals surface area contributed by atoms with E-state index in [0.29, 0.717) is 17.1 Å². The first-order valence-electron chi connectivity index (χ1n) is 8.31. The summed E-state index contributed by atoms with van der Waals surface area (Å²) in [7, 11) is 1.57. The van der Waals surface area contributed by atoms with E-state index < -0.39 is 0 Å². The molecule has 0 unspecified atom stereocenters. The SMILES string of the molecule is COc1c(NC=C(C#N)c2nn[nH]n2)cc(C)cc1-n1nc2ccccc2n1. The first-order valence-corrected chi connectivity index (χ1v) is 8.31. The molecular formula is C18H15N9O. The van der Waals surface area contributed by atoms with Gasteiger partial charge in [0, 0.05) is 6.20 Å². The van der Waals surface area contributed by atoms with Crippen molar-refractivity contribution in [2.75, 3.05) is 12.4 Å². The number of H-pyrrole nitrogens is 1. The fourth-order valence-electron chi connectivity index (χ4n) is 2.76. The Morgan fingerprint density at radius 1 is 1.25 bits per heavy atom. The number of aryl methyl sites for hydroxylation is 1. The molecular weight excluding hydrogens is 358 g/mol. The zero-order chi connectivity index (χ0) is 19.5. The number of hydrogen-bond donors (Lipinski definition) is 2. The zero-order valence-corrected chi connectivity index (χ0v) is 15.1. The van der Waals surface area contributed by atoms with E-state index >= 15 is 0 Å². The molecule has 0 amide bonds. The van der Waals surface area contributed by atoms with E-state index in [4.69, 9.17) is 4.74 Å². The van der Waals surface area contributed by atoms with Crippen LogP contribution >= 0.6 is 0 Å². The van der Waals surface area contributed by atoms with Gasteiger partial charge in [0.2, 0.25) is 5.82 Å². The van der Waals surface area contributed by atoms with E-state index in [-0.39, 0.29) is 11.4 Å². The van der Waals surface area contributed by atoms with E-state index in [1.54, 1.807) is 7.11 Å². The number of nitrogens with zero attached hydrogens (tertiary/aromatic N) is 7. The van der Waals surface area contributed by atoms with Crippen LogP contribution in [0.15, 0.2) is 42.6 Å². The molecule has 0 aliphatic carbocycles. The molecule has 10 heteroatoms. The largest absolute Gasteiger partial charge is 0.492 e. The molecule has 2 heterocycles. The summed E-state index contributed by atoms with van der Waals surface area (Å²) in [6.45, 7) is 1.95. The number of nitrogens with one attached hydrogen (secondary N) is 2. The van der Waals surface area contributed by atoms with Crippen molar-refractivity contribution in [3.05, 3.63) is 54.0 Å². The maximum absolute atomic E-state index is 9.33. The molecule has 2 aromatic heterocycles. The summed E-state index contributed by atoms with van der Waals surface area (Å²) in [4.78, 5) is 1.54. The van der Waals surface area contributed by atoms with Crippen LogP contribution in [0.3, 0.4) is 0 Å². The molecule has 2 aromatic carbocycles. The molecule has 0 aliphatic rings. The van der Waals surface area contributed by atoms with Gasteiger partial charge >= 0.3 is 0 Å². The van der Waals surface area contributed by atoms with Gasteiger partial charge in [-0.05, 0) is 42.0 Å². The average Bonchev–Trinajstić information content (AvgIpc) is 3.38. The van der Waals surface area contributed by atoms with Crippen molar-refractivity contribution in [1.29, 1.82) is 5.26 Å². The van der Waals surface area contributed by atoms with Gasteiger partial charge in [0.25, 0.3) is 0 Å². The highest BCUT2D eigenvalue weighted by atomic mass is 16.5. The van der Waals surface area contributed by atoms with Gasteiger partial charge in [-0.3, -0.25) is 0 Å². The van der Waals surface area contributed by atoms with Gasteiger partial charge in [-0.25, -0.2) is 0 Å². The van der Waals surface area contributed by atoms with Crippen LogP contribution in [0.4, 0.5) is 5.69 Å². The third-order valence-corrected chi connectivity index (χ3v) is 4.00. The Kier molecular flexibility index (Phi) is 4.39. The minimum Gasteiger partial charge on any atom is -0.492 e. The van der Waals surface area contributed by atoms with Gasteiger partial charge in [0.15, 0.2) is 5.75 Å². The maximum atomic E-state index is 9.33. The zero-order valence-electron chi connectivity index (χ0n) is 15.1. The molecule has 0 spiro atoms. The normalized spacial score (nSPS) is 11.4. The van der Waals surface area contributed by atoms with Crippen LogP contribution in [0, 0.1) is 18.3 Å². The molecule has 0 radical (unpaired) electrons. The molecule has 10 nitrogen and oxygen atoms in total. The van der Waals surface area contributed by atoms with Gasteiger partial charge in [-0.1, -0.05) is 12.1 Å². The second-order valence-electron chi connectivity index (χ2n) is 5.89. The smallest absolute Gasteiger partial charge is 0.216 e. The third-order valence-electron chi connectivity index (χ3n) is 4.00. The highest BCUT2D eigenvalue weighted by Crippen LogP contribution is 2.33. The first-order chi connectivity index (χ1) is 13.7. The predicted octanol–water partition coefficient (Wildman–Crippen LogP) is 2.23. The van der Waals surface area contributed by atoms with Crippen molar-refractivity contribution in [2.45, 2.75) is 6.92 Å². The van der Waals surface area contributed by atoms with Crippen molar-refractivity contribution in [3.63, 3.8) is 0 Å². The Bertz CT molecular complexity index is 1170. The van der Waals surface area contributed by atoms with Crippen LogP contribution in [-0.2, 0) is 0 Å². The fourth-order valence-corrected chi connectivity index (χ4v) is 2.76. The molecule has 138 valence electrons. The summed E-state index contributed by atoms with van der Waals surface area (Å²) < 4.78 is 5.61. The predicted molar refractivity (Wildman–Crippen MR) is 102 cm³/mol. The second-order valence-corrected chi connectivity index (χ2v) is 5.89. The molecule has 0 fully saturated rings. The van der Waals surface area contributed by atoms with E-state index in [2.05, 4.69) is 36.1 Å². The van der Waals surface area contributed by atoms with Gasteiger partial charge < -0.3 is 10.1 Å². The van der Waals surface area contributed by atoms with Crippen molar-refractivity contribution in [3.8, 4) is 17.5 Å². The number of ether oxygens (including phenoxy) is 1. The van der Waals surface area contributed by atoms with E-state index in [0.717, 1.165) is 16.6 Å². The lowest BCUT2D eigenvalue weighted by Crippen LogP contribution is -2.05. The topological polar surface area (TPSA) is 130 Å². The van der Waals surface area contributed by atoms with Gasteiger partial charge in [0.1, 0.15) is 28.4 Å². The average molecular weight is 373 g/mol. The molecule has 0 saturated heterocycles. The van der Waals surface area contributed by atoms with Crippen molar-refractivity contribution >= 4 is 22.3 Å². The fraction of sp³-hybridized carbons (Fsp3) is 0.111. The molecule has 28 heavy (non-hydrogen) atoms. The van der Waals surface area contributed by atoms with Crippen molar-refractivity contribution < 1.29 is 4.74 Å². The van der Waals surface area contributed by atoms with E-state index in [1.165, 1.54) is 11.0 Å². The number of hydrogen-bond acceptors (Lipinski definition) is 8. The Labute approximate surface area is 159 Å². The van der Waals surface area contributed by atoms with Crippen LogP contribution < -0.4 is 10.1 Å². The van der Waals surface area contributed by atoms with Crippen LogP contribution in [0.5, 0.6) is 5.75 Å². The summed E-state index contributed by atoms with van der Waals surface area (Å²) in [5.74, 6) is 0.731. The standard InChI is InChI=1S/C18H15N9O/c1-11-7-15(20-10-12(9-19)18-21-25-26-22-18)17(28-2)16(8-11)27-23-13-5-3-4-6-14(13)24-27/h3-8,10,20H,1-2H3,(H,21,22,25,26). The molecule has 0 saturated carbocycles. The molecule has 2 N–H and O–H groups in total. The number of nitriles is 1. The number of aromatic amines is 1. The summed E-state index contributed by atoms with van der Waals surface area (Å²) in [6.07, 6.45) is 1.50. The Hall–Kier alpha value is -4.26. The van der Waals surface area contributed by atoms with Crippen LogP contribution in [0.2, 0.25) is 0 Å². The number of benzene rings is 2. The number of methoxy groups -OCH3 is 1. The highest BCUT2D eigenvalue weighted by molar-refractivity contribution is 5.77. The second kappa shape index (κ2) is 7.16. The first kappa shape index (κ1) is 17.2. The number of aromatic nitrogens is 7. The number of fused-ring (bicyclic) bond motifs is 1. The monoisotopic (exact) mass is 373 g/mol. The van der Waals surface area contributed by atoms with Crippen LogP contribution in [0.1, 0.15) is 11.4 Å². The van der Waals surface area contributed by atoms with Crippen LogP contribution in [0.25, 0.3) is 22.3 Å². The highest BCUT2D eigenvalue weighted by Gasteiger charge is 2.15. The number of tetrazole rings is 1. The summed E-state index contributed by atoms with van der Waals surface area (Å²) in [5.41, 5.74) is 4.07. The Morgan fingerprint density at radius 2 is 2.00 bits per heavy atom. The van der Waals surface area contributed by atoms with Gasteiger partial charge in [0.05, 0.1) is 12.8 Å². The lowest BCUT2D eigenvalue weighted by Gasteiger charge is -2.14. The Morgan fingerprint density at radius 3 is 2.61 bits per heavy atom. The van der Waals surface area contributed by atoms with Gasteiger partial charge in [-0.2, -0.15) is 10.5 Å². The number of rotatable bonds is 5. The minimum atomic E-state index is 0.196. The summed E-state index contributed by atoms with van der Waals surface area (Å²) in [6, 6.07) is 13.5. The molecule has 0 bridgehead atoms. The molecule has 4 rings (SSSR count). The van der Waals surface area contributed by atoms with E-state index in [9.17, 15) is 5.26 Å². The molecule has 4 aromatic rings. The maximum Gasteiger partial charge on any atom is 0.216 e. The van der Waals surface area contributed by atoms with Crippen LogP contribution in [-0.4, -0.2) is 42.7 Å². The summed E-state index contributed by atoms with van der Waals surface area (Å²) >= 11 is 0. The minimum absolute atomic E-state index is 0.196. The summed E-state index contributed by atoms with van der Waals surface area (Å²) in [5, 5.41) is 34.9. The lowest BCUT2D eigenvalue weighted by molar-refractivity contribution is 0.412. The number of anilines is 1. The molecule has 0 aliphatic heterocycles. The number of allylic oxidation sites excluding steroid dienone is 1. The van der Waals surface area contributed by atoms with Crippen molar-refractivity contribution in [2.24, 2.45) is 0 Å². The Balaban J connectivity index is 1.77. The molecule has 0 atom stereocenters. The van der Waals surface area contributed by atoms with Gasteiger partial charge in [-0.15, -0.1) is 25.2 Å². The van der Waals surface area contributed by atoms with Crippen molar-refractivity contribution in [1.82, 2.24) is 35.6 Å². The third kappa shape index (κ3) is 3.12.